The van der Waals surface area contributed by atoms with Gasteiger partial charge in [-0.25, -0.2) is 0 Å². The number of carbonyl (C=O) groups excluding carboxylic acids is 2. The monoisotopic (exact) mass is 428 g/mol. The van der Waals surface area contributed by atoms with Gasteiger partial charge in [0.15, 0.2) is 23.0 Å². The molecule has 0 aliphatic rings. The van der Waals surface area contributed by atoms with E-state index in [9.17, 15) is 9.59 Å². The van der Waals surface area contributed by atoms with E-state index in [0.29, 0.717) is 0 Å². The van der Waals surface area contributed by atoms with Gasteiger partial charge < -0.3 is 18.9 Å². The summed E-state index contributed by atoms with van der Waals surface area (Å²) in [6, 6.07) is 5.46. The van der Waals surface area contributed by atoms with E-state index in [1.165, 1.54) is 52.7 Å². The highest BCUT2D eigenvalue weighted by Crippen LogP contribution is 2.46. The molecule has 0 atom stereocenters. The lowest BCUT2D eigenvalue weighted by Crippen LogP contribution is -2.03. The van der Waals surface area contributed by atoms with Crippen molar-refractivity contribution in [3.8, 4) is 34.1 Å². The van der Waals surface area contributed by atoms with Crippen molar-refractivity contribution < 1.29 is 28.5 Å². The van der Waals surface area contributed by atoms with Crippen LogP contribution in [-0.4, -0.2) is 40.3 Å². The molecule has 0 fully saturated rings. The Morgan fingerprint density at radius 2 is 1.06 bits per heavy atom. The predicted octanol–water partition coefficient (Wildman–Crippen LogP) is 4.93. The van der Waals surface area contributed by atoms with Crippen molar-refractivity contribution in [3.63, 3.8) is 0 Å². The standard InChI is InChI=1S/C18H16N6O6.CH4/c1-27-13-7-9(17(25)21-23-19)5-11(15(13)29-3)12-6-10(18(26)22-24-20)8-14(28-2)16(12)30-4;/h5-8H,1-4H3;1H4. The fourth-order valence-electron chi connectivity index (χ4n) is 2.77. The average molecular weight is 428 g/mol. The first-order valence-corrected chi connectivity index (χ1v) is 8.16. The van der Waals surface area contributed by atoms with Crippen molar-refractivity contribution in [2.45, 2.75) is 7.43 Å². The summed E-state index contributed by atoms with van der Waals surface area (Å²) in [5.41, 5.74) is 17.7. The van der Waals surface area contributed by atoms with Gasteiger partial charge in [0.1, 0.15) is 0 Å². The number of benzene rings is 2. The molecule has 0 bridgehead atoms. The van der Waals surface area contributed by atoms with Crippen LogP contribution in [0.5, 0.6) is 23.0 Å². The summed E-state index contributed by atoms with van der Waals surface area (Å²) in [7, 11) is 5.50. The van der Waals surface area contributed by atoms with E-state index in [2.05, 4.69) is 20.1 Å². The van der Waals surface area contributed by atoms with Crippen LogP contribution in [0.3, 0.4) is 0 Å². The highest BCUT2D eigenvalue weighted by molar-refractivity contribution is 6.00. The molecule has 12 heteroatoms. The number of hydrogen-bond donors (Lipinski definition) is 0. The molecule has 0 saturated heterocycles. The summed E-state index contributed by atoms with van der Waals surface area (Å²) in [5.74, 6) is -0.954. The molecule has 2 aromatic rings. The first-order valence-electron chi connectivity index (χ1n) is 8.16. The Hall–Kier alpha value is -4.40. The Morgan fingerprint density at radius 3 is 1.32 bits per heavy atom. The molecule has 2 amide bonds. The molecule has 0 radical (unpaired) electrons. The predicted molar refractivity (Wildman–Crippen MR) is 112 cm³/mol. The minimum atomic E-state index is -0.855. The average Bonchev–Trinajstić information content (AvgIpc) is 2.77. The van der Waals surface area contributed by atoms with Crippen molar-refractivity contribution in [2.75, 3.05) is 28.4 Å². The summed E-state index contributed by atoms with van der Waals surface area (Å²) >= 11 is 0. The fraction of sp³-hybridized carbons (Fsp3) is 0.263. The highest BCUT2D eigenvalue weighted by atomic mass is 16.5. The number of azide groups is 2. The van der Waals surface area contributed by atoms with E-state index >= 15 is 0 Å². The molecule has 12 nitrogen and oxygen atoms in total. The SMILES string of the molecule is C.COc1cc(C(=O)N=[N+]=[N-])cc(-c2cc(C(=O)N=[N+]=[N-])cc(OC)c2OC)c1OC. The van der Waals surface area contributed by atoms with Crippen molar-refractivity contribution in [3.05, 3.63) is 56.3 Å². The molecule has 0 heterocycles. The van der Waals surface area contributed by atoms with Gasteiger partial charge in [-0.05, 0) is 45.6 Å². The zero-order valence-corrected chi connectivity index (χ0v) is 16.4. The normalized spacial score (nSPS) is 9.29. The van der Waals surface area contributed by atoms with Crippen molar-refractivity contribution in [1.82, 2.24) is 0 Å². The van der Waals surface area contributed by atoms with Gasteiger partial charge in [-0.15, -0.1) is 0 Å². The molecule has 0 N–H and O–H groups in total. The quantitative estimate of drug-likeness (QED) is 0.344. The molecule has 0 saturated carbocycles. The molecular weight excluding hydrogens is 408 g/mol. The number of methoxy groups -OCH3 is 4. The Morgan fingerprint density at radius 1 is 0.710 bits per heavy atom. The minimum Gasteiger partial charge on any atom is -0.493 e. The first-order chi connectivity index (χ1) is 14.4. The van der Waals surface area contributed by atoms with Crippen LogP contribution in [0.1, 0.15) is 28.1 Å². The van der Waals surface area contributed by atoms with E-state index in [0.717, 1.165) is 0 Å². The van der Waals surface area contributed by atoms with Crippen LogP contribution in [0.2, 0.25) is 0 Å². The smallest absolute Gasteiger partial charge is 0.249 e. The third-order valence-electron chi connectivity index (χ3n) is 4.01. The second-order valence-corrected chi connectivity index (χ2v) is 5.51. The molecule has 31 heavy (non-hydrogen) atoms. The summed E-state index contributed by atoms with van der Waals surface area (Å²) in [4.78, 5) is 29.3. The van der Waals surface area contributed by atoms with Crippen LogP contribution in [0.4, 0.5) is 0 Å². The van der Waals surface area contributed by atoms with Crippen LogP contribution < -0.4 is 18.9 Å². The number of nitrogens with zero attached hydrogens (tertiary/aromatic N) is 6. The Kier molecular flexibility index (Phi) is 8.71. The molecule has 0 spiro atoms. The molecule has 0 unspecified atom stereocenters. The van der Waals surface area contributed by atoms with Crippen molar-refractivity contribution in [1.29, 1.82) is 0 Å². The Labute approximate surface area is 177 Å². The van der Waals surface area contributed by atoms with E-state index < -0.39 is 11.8 Å². The molecule has 0 aliphatic carbocycles. The van der Waals surface area contributed by atoms with Crippen molar-refractivity contribution in [2.24, 2.45) is 10.2 Å². The molecule has 0 aliphatic heterocycles. The van der Waals surface area contributed by atoms with Gasteiger partial charge in [-0.2, -0.15) is 0 Å². The lowest BCUT2D eigenvalue weighted by atomic mass is 9.97. The van der Waals surface area contributed by atoms with E-state index in [1.54, 1.807) is 0 Å². The lowest BCUT2D eigenvalue weighted by Gasteiger charge is -2.18. The number of carbonyl (C=O) groups is 2. The van der Waals surface area contributed by atoms with Crippen LogP contribution in [0.25, 0.3) is 32.0 Å². The van der Waals surface area contributed by atoms with Gasteiger partial charge in [-0.3, -0.25) is 9.59 Å². The lowest BCUT2D eigenvalue weighted by molar-refractivity contribution is 0.0991. The van der Waals surface area contributed by atoms with Crippen LogP contribution >= 0.6 is 0 Å². The fourth-order valence-corrected chi connectivity index (χ4v) is 2.77. The number of amides is 2. The third kappa shape index (κ3) is 4.96. The summed E-state index contributed by atoms with van der Waals surface area (Å²) < 4.78 is 21.5. The van der Waals surface area contributed by atoms with Crippen LogP contribution in [0.15, 0.2) is 34.5 Å². The second-order valence-electron chi connectivity index (χ2n) is 5.51. The zero-order chi connectivity index (χ0) is 22.3. The second kappa shape index (κ2) is 11.0. The van der Waals surface area contributed by atoms with E-state index in [-0.39, 0.29) is 52.7 Å². The number of ether oxygens (including phenoxy) is 4. The van der Waals surface area contributed by atoms with Gasteiger partial charge >= 0.3 is 0 Å². The largest absolute Gasteiger partial charge is 0.493 e. The molecule has 162 valence electrons. The van der Waals surface area contributed by atoms with E-state index in [1.807, 2.05) is 0 Å². The number of rotatable bonds is 7. The molecular formula is C19H20N6O6. The maximum atomic E-state index is 12.2. The van der Waals surface area contributed by atoms with Crippen LogP contribution in [-0.2, 0) is 0 Å². The summed E-state index contributed by atoms with van der Waals surface area (Å²) in [6.45, 7) is 0. The topological polar surface area (TPSA) is 169 Å². The van der Waals surface area contributed by atoms with Gasteiger partial charge in [0.2, 0.25) is 11.8 Å². The summed E-state index contributed by atoms with van der Waals surface area (Å²) in [6.07, 6.45) is 0. The van der Waals surface area contributed by atoms with Crippen molar-refractivity contribution >= 4 is 11.8 Å². The zero-order valence-electron chi connectivity index (χ0n) is 16.4. The minimum absolute atomic E-state index is 0. The summed E-state index contributed by atoms with van der Waals surface area (Å²) in [5, 5.41) is 6.17. The Bertz CT molecular complexity index is 1020. The molecule has 0 aromatic heterocycles. The van der Waals surface area contributed by atoms with Gasteiger partial charge in [0.25, 0.3) is 0 Å². The number of hydrogen-bond acceptors (Lipinski definition) is 6. The van der Waals surface area contributed by atoms with Gasteiger partial charge in [0, 0.05) is 32.1 Å². The maximum absolute atomic E-state index is 12.2. The van der Waals surface area contributed by atoms with Crippen LogP contribution in [0, 0.1) is 0 Å². The van der Waals surface area contributed by atoms with Gasteiger partial charge in [0.05, 0.1) is 28.4 Å². The van der Waals surface area contributed by atoms with Gasteiger partial charge in [-0.1, -0.05) is 7.43 Å². The molecule has 2 aromatic carbocycles. The Balaban J connectivity index is 0.00000480. The maximum Gasteiger partial charge on any atom is 0.249 e. The van der Waals surface area contributed by atoms with E-state index in [4.69, 9.17) is 30.0 Å². The first kappa shape index (κ1) is 24.6. The third-order valence-corrected chi connectivity index (χ3v) is 4.01. The molecule has 2 rings (SSSR count). The highest BCUT2D eigenvalue weighted by Gasteiger charge is 2.23.